The number of alkyl halides is 3. The Hall–Kier alpha value is -1.07. The van der Waals surface area contributed by atoms with Crippen LogP contribution in [0.5, 0.6) is 0 Å². The summed E-state index contributed by atoms with van der Waals surface area (Å²) < 4.78 is 37.5. The lowest BCUT2D eigenvalue weighted by molar-refractivity contribution is -0.143. The minimum Gasteiger partial charge on any atom is -0.384 e. The van der Waals surface area contributed by atoms with E-state index in [4.69, 9.17) is 0 Å². The van der Waals surface area contributed by atoms with Gasteiger partial charge in [0, 0.05) is 25.7 Å². The summed E-state index contributed by atoms with van der Waals surface area (Å²) in [5.74, 6) is 0.502. The maximum absolute atomic E-state index is 12.5. The van der Waals surface area contributed by atoms with Gasteiger partial charge in [-0.3, -0.25) is 4.90 Å². The van der Waals surface area contributed by atoms with Crippen molar-refractivity contribution in [3.63, 3.8) is 0 Å². The zero-order chi connectivity index (χ0) is 19.2. The van der Waals surface area contributed by atoms with Gasteiger partial charge in [0.1, 0.15) is 5.60 Å². The minimum atomic E-state index is -4.18. The zero-order valence-corrected chi connectivity index (χ0v) is 17.9. The Labute approximate surface area is 175 Å². The molecule has 1 aromatic rings. The Balaban J connectivity index is 0.00000364. The van der Waals surface area contributed by atoms with Crippen molar-refractivity contribution < 1.29 is 18.3 Å². The van der Waals surface area contributed by atoms with Crippen LogP contribution in [0.2, 0.25) is 0 Å². The van der Waals surface area contributed by atoms with Crippen molar-refractivity contribution in [2.45, 2.75) is 38.1 Å². The van der Waals surface area contributed by atoms with Crippen molar-refractivity contribution in [3.05, 3.63) is 35.9 Å². The number of hydrogen-bond acceptors (Lipinski definition) is 3. The lowest BCUT2D eigenvalue weighted by Crippen LogP contribution is -2.45. The lowest BCUT2D eigenvalue weighted by Gasteiger charge is -2.23. The van der Waals surface area contributed by atoms with Crippen LogP contribution in [0.4, 0.5) is 13.2 Å². The van der Waals surface area contributed by atoms with E-state index in [1.165, 1.54) is 4.90 Å². The van der Waals surface area contributed by atoms with Crippen LogP contribution in [0, 0.1) is 0 Å². The number of likely N-dealkylation sites (tertiary alicyclic amines) is 1. The van der Waals surface area contributed by atoms with E-state index in [0.29, 0.717) is 32.0 Å². The number of hydrogen-bond donors (Lipinski definition) is 3. The fourth-order valence-electron chi connectivity index (χ4n) is 2.98. The molecule has 1 aliphatic heterocycles. The predicted molar refractivity (Wildman–Crippen MR) is 111 cm³/mol. The summed E-state index contributed by atoms with van der Waals surface area (Å²) in [7, 11) is 0. The number of benzene rings is 1. The van der Waals surface area contributed by atoms with E-state index in [0.717, 1.165) is 5.56 Å². The third-order valence-electron chi connectivity index (χ3n) is 4.30. The first kappa shape index (κ1) is 24.0. The molecule has 1 aliphatic rings. The van der Waals surface area contributed by atoms with Gasteiger partial charge in [-0.2, -0.15) is 13.2 Å². The average molecular weight is 500 g/mol. The molecule has 0 saturated carbocycles. The van der Waals surface area contributed by atoms with Crippen molar-refractivity contribution in [2.75, 3.05) is 32.7 Å². The zero-order valence-electron chi connectivity index (χ0n) is 15.6. The molecule has 2 rings (SSSR count). The summed E-state index contributed by atoms with van der Waals surface area (Å²) in [5.41, 5.74) is -0.362. The van der Waals surface area contributed by atoms with Crippen LogP contribution < -0.4 is 10.6 Å². The molecule has 9 heteroatoms. The molecule has 2 unspecified atom stereocenters. The summed E-state index contributed by atoms with van der Waals surface area (Å²) >= 11 is 0. The second-order valence-corrected chi connectivity index (χ2v) is 6.82. The number of nitrogens with one attached hydrogen (secondary N) is 2. The normalized spacial score (nSPS) is 20.7. The number of nitrogens with zero attached hydrogens (tertiary/aromatic N) is 2. The highest BCUT2D eigenvalue weighted by Crippen LogP contribution is 2.21. The summed E-state index contributed by atoms with van der Waals surface area (Å²) in [4.78, 5) is 5.82. The largest absolute Gasteiger partial charge is 0.401 e. The van der Waals surface area contributed by atoms with E-state index in [1.807, 2.05) is 37.3 Å². The van der Waals surface area contributed by atoms with Crippen LogP contribution in [0.25, 0.3) is 0 Å². The number of guanidine groups is 1. The standard InChI is InChI=1S/C18H27F3N4O.HI/c1-3-22-16(23-12-17(2,26)14-7-5-4-6-8-14)24-15-9-10-25(11-15)13-18(19,20)21;/h4-8,15,26H,3,9-13H2,1-2H3,(H2,22,23,24);1H. The molecule has 1 heterocycles. The Bertz CT molecular complexity index is 596. The molecular weight excluding hydrogens is 472 g/mol. The van der Waals surface area contributed by atoms with Gasteiger partial charge in [-0.1, -0.05) is 30.3 Å². The second kappa shape index (κ2) is 10.5. The van der Waals surface area contributed by atoms with Gasteiger partial charge in [-0.25, -0.2) is 4.99 Å². The molecule has 2 atom stereocenters. The molecule has 0 amide bonds. The first-order valence-corrected chi connectivity index (χ1v) is 8.81. The van der Waals surface area contributed by atoms with E-state index in [-0.39, 0.29) is 36.6 Å². The van der Waals surface area contributed by atoms with E-state index in [9.17, 15) is 18.3 Å². The Morgan fingerprint density at radius 2 is 1.96 bits per heavy atom. The van der Waals surface area contributed by atoms with Crippen LogP contribution in [-0.4, -0.2) is 60.9 Å². The van der Waals surface area contributed by atoms with Crippen molar-refractivity contribution in [2.24, 2.45) is 4.99 Å². The summed E-state index contributed by atoms with van der Waals surface area (Å²) in [6.45, 7) is 4.20. The molecule has 0 bridgehead atoms. The van der Waals surface area contributed by atoms with Gasteiger partial charge >= 0.3 is 6.18 Å². The molecule has 154 valence electrons. The lowest BCUT2D eigenvalue weighted by atomic mass is 9.96. The van der Waals surface area contributed by atoms with Crippen molar-refractivity contribution in [3.8, 4) is 0 Å². The Kier molecular flexibility index (Phi) is 9.29. The molecule has 1 fully saturated rings. The molecule has 0 radical (unpaired) electrons. The second-order valence-electron chi connectivity index (χ2n) is 6.82. The summed E-state index contributed by atoms with van der Waals surface area (Å²) in [5, 5.41) is 16.9. The van der Waals surface area contributed by atoms with Crippen molar-refractivity contribution in [1.82, 2.24) is 15.5 Å². The van der Waals surface area contributed by atoms with Crippen LogP contribution in [-0.2, 0) is 5.60 Å². The number of aliphatic imine (C=N–C) groups is 1. The number of rotatable bonds is 6. The molecule has 27 heavy (non-hydrogen) atoms. The van der Waals surface area contributed by atoms with Gasteiger partial charge in [0.05, 0.1) is 13.1 Å². The predicted octanol–water partition coefficient (Wildman–Crippen LogP) is 2.70. The molecule has 0 aromatic heterocycles. The highest BCUT2D eigenvalue weighted by molar-refractivity contribution is 14.0. The Morgan fingerprint density at radius 3 is 2.56 bits per heavy atom. The maximum atomic E-state index is 12.5. The number of aliphatic hydroxyl groups is 1. The average Bonchev–Trinajstić information content (AvgIpc) is 2.99. The molecular formula is C18H28F3IN4O. The van der Waals surface area contributed by atoms with Gasteiger partial charge in [0.15, 0.2) is 5.96 Å². The van der Waals surface area contributed by atoms with Crippen LogP contribution in [0.1, 0.15) is 25.8 Å². The fraction of sp³-hybridized carbons (Fsp3) is 0.611. The van der Waals surface area contributed by atoms with Gasteiger partial charge in [0.25, 0.3) is 0 Å². The van der Waals surface area contributed by atoms with E-state index < -0.39 is 18.3 Å². The molecule has 5 nitrogen and oxygen atoms in total. The quantitative estimate of drug-likeness (QED) is 0.320. The SMILES string of the molecule is CCNC(=NCC(C)(O)c1ccccc1)NC1CCN(CC(F)(F)F)C1.I. The van der Waals surface area contributed by atoms with Gasteiger partial charge in [-0.05, 0) is 25.8 Å². The molecule has 0 spiro atoms. The van der Waals surface area contributed by atoms with Crippen LogP contribution >= 0.6 is 24.0 Å². The first-order valence-electron chi connectivity index (χ1n) is 8.81. The third-order valence-corrected chi connectivity index (χ3v) is 4.30. The van der Waals surface area contributed by atoms with E-state index >= 15 is 0 Å². The minimum absolute atomic E-state index is 0. The van der Waals surface area contributed by atoms with Crippen LogP contribution in [0.15, 0.2) is 35.3 Å². The monoisotopic (exact) mass is 500 g/mol. The number of halogens is 4. The molecule has 0 aliphatic carbocycles. The van der Waals surface area contributed by atoms with Crippen molar-refractivity contribution >= 4 is 29.9 Å². The fourth-order valence-corrected chi connectivity index (χ4v) is 2.98. The Morgan fingerprint density at radius 1 is 1.30 bits per heavy atom. The van der Waals surface area contributed by atoms with E-state index in [1.54, 1.807) is 6.92 Å². The van der Waals surface area contributed by atoms with Gasteiger partial charge in [-0.15, -0.1) is 24.0 Å². The highest BCUT2D eigenvalue weighted by Gasteiger charge is 2.34. The van der Waals surface area contributed by atoms with Crippen LogP contribution in [0.3, 0.4) is 0 Å². The smallest absolute Gasteiger partial charge is 0.384 e. The third kappa shape index (κ3) is 8.22. The van der Waals surface area contributed by atoms with Crippen molar-refractivity contribution in [1.29, 1.82) is 0 Å². The highest BCUT2D eigenvalue weighted by atomic mass is 127. The first-order chi connectivity index (χ1) is 12.2. The van der Waals surface area contributed by atoms with E-state index in [2.05, 4.69) is 15.6 Å². The summed E-state index contributed by atoms with van der Waals surface area (Å²) in [6, 6.07) is 9.15. The molecule has 3 N–H and O–H groups in total. The topological polar surface area (TPSA) is 59.9 Å². The molecule has 1 aromatic carbocycles. The maximum Gasteiger partial charge on any atom is 0.401 e. The van der Waals surface area contributed by atoms with Gasteiger partial charge in [0.2, 0.25) is 0 Å². The summed E-state index contributed by atoms with van der Waals surface area (Å²) in [6.07, 6.45) is -3.56. The molecule has 1 saturated heterocycles. The van der Waals surface area contributed by atoms with Gasteiger partial charge < -0.3 is 15.7 Å².